The van der Waals surface area contributed by atoms with Gasteiger partial charge in [0.2, 0.25) is 5.75 Å². The van der Waals surface area contributed by atoms with Gasteiger partial charge in [-0.1, -0.05) is 31.0 Å². The highest BCUT2D eigenvalue weighted by molar-refractivity contribution is 5.96. The molecule has 1 saturated heterocycles. The fraction of sp³-hybridized carbons (Fsp3) is 0.552. The molecule has 1 aliphatic heterocycles. The summed E-state index contributed by atoms with van der Waals surface area (Å²) in [7, 11) is 1.65. The summed E-state index contributed by atoms with van der Waals surface area (Å²) < 4.78 is 23.3. The fourth-order valence-electron chi connectivity index (χ4n) is 5.88. The molecule has 7 nitrogen and oxygen atoms in total. The molecule has 0 spiro atoms. The van der Waals surface area contributed by atoms with Crippen molar-refractivity contribution in [3.8, 4) is 23.0 Å². The largest absolute Gasteiger partial charge is 0.496 e. The van der Waals surface area contributed by atoms with Crippen LogP contribution in [-0.4, -0.2) is 55.0 Å². The van der Waals surface area contributed by atoms with E-state index in [0.717, 1.165) is 37.0 Å². The molecule has 2 aromatic rings. The number of benzene rings is 2. The Labute approximate surface area is 214 Å². The third kappa shape index (κ3) is 4.99. The van der Waals surface area contributed by atoms with Crippen molar-refractivity contribution in [2.24, 2.45) is 5.92 Å². The number of para-hydroxylation sites is 1. The number of rotatable bonds is 9. The predicted octanol–water partition coefficient (Wildman–Crippen LogP) is 5.40. The van der Waals surface area contributed by atoms with Crippen LogP contribution in [0.4, 0.5) is 0 Å². The summed E-state index contributed by atoms with van der Waals surface area (Å²) >= 11 is 0. The molecule has 7 heteroatoms. The lowest BCUT2D eigenvalue weighted by Crippen LogP contribution is -2.56. The van der Waals surface area contributed by atoms with Crippen molar-refractivity contribution >= 4 is 5.91 Å². The summed E-state index contributed by atoms with van der Waals surface area (Å²) in [6.07, 6.45) is 4.22. The number of aliphatic hydroxyl groups is 1. The Balaban J connectivity index is 1.80. The lowest BCUT2D eigenvalue weighted by Gasteiger charge is -2.52. The van der Waals surface area contributed by atoms with Crippen LogP contribution in [0.1, 0.15) is 74.8 Å². The molecule has 2 aromatic carbocycles. The van der Waals surface area contributed by atoms with Crippen molar-refractivity contribution in [2.75, 3.05) is 33.5 Å². The van der Waals surface area contributed by atoms with Gasteiger partial charge in [-0.05, 0) is 58.2 Å². The highest BCUT2D eigenvalue weighted by Crippen LogP contribution is 2.51. The molecule has 1 saturated carbocycles. The van der Waals surface area contributed by atoms with Gasteiger partial charge in [-0.15, -0.1) is 0 Å². The molecule has 4 rings (SSSR count). The Morgan fingerprint density at radius 2 is 1.64 bits per heavy atom. The van der Waals surface area contributed by atoms with Gasteiger partial charge in [0.25, 0.3) is 5.91 Å². The van der Waals surface area contributed by atoms with E-state index in [2.05, 4.69) is 0 Å². The zero-order valence-electron chi connectivity index (χ0n) is 21.9. The smallest absolute Gasteiger partial charge is 0.254 e. The number of nitrogens with zero attached hydrogens (tertiary/aromatic N) is 1. The third-order valence-corrected chi connectivity index (χ3v) is 7.44. The van der Waals surface area contributed by atoms with Gasteiger partial charge in [-0.2, -0.15) is 0 Å². The second-order valence-corrected chi connectivity index (χ2v) is 9.49. The van der Waals surface area contributed by atoms with E-state index in [4.69, 9.17) is 18.9 Å². The first-order valence-electron chi connectivity index (χ1n) is 13.2. The van der Waals surface area contributed by atoms with E-state index in [1.807, 2.05) is 49.9 Å². The Kier molecular flexibility index (Phi) is 8.29. The van der Waals surface area contributed by atoms with Crippen LogP contribution in [0.2, 0.25) is 0 Å². The monoisotopic (exact) mass is 497 g/mol. The van der Waals surface area contributed by atoms with Crippen molar-refractivity contribution in [1.29, 1.82) is 0 Å². The lowest BCUT2D eigenvalue weighted by molar-refractivity contribution is -0.115. The van der Waals surface area contributed by atoms with Crippen LogP contribution in [0.15, 0.2) is 36.4 Å². The highest BCUT2D eigenvalue weighted by Gasteiger charge is 2.51. The molecule has 0 unspecified atom stereocenters. The minimum Gasteiger partial charge on any atom is -0.496 e. The van der Waals surface area contributed by atoms with Gasteiger partial charge in [0, 0.05) is 23.6 Å². The molecule has 2 aliphatic rings. The SMILES string of the molecule is CCOc1cc(C(=O)N2CC[C@@]3(O)CCCC[C@@H]3[C@@H]2c2ccccc2OC)cc(OCC)c1OCC. The molecular weight excluding hydrogens is 458 g/mol. The minimum absolute atomic E-state index is 0.0688. The summed E-state index contributed by atoms with van der Waals surface area (Å²) in [5.41, 5.74) is 0.623. The molecule has 1 amide bonds. The zero-order valence-corrected chi connectivity index (χ0v) is 21.9. The Morgan fingerprint density at radius 1 is 0.972 bits per heavy atom. The van der Waals surface area contributed by atoms with Gasteiger partial charge < -0.3 is 29.0 Å². The number of likely N-dealkylation sites (tertiary alicyclic amines) is 1. The van der Waals surface area contributed by atoms with Gasteiger partial charge in [0.05, 0.1) is 38.6 Å². The summed E-state index contributed by atoms with van der Waals surface area (Å²) in [6, 6.07) is 11.0. The minimum atomic E-state index is -0.785. The number of methoxy groups -OCH3 is 1. The Bertz CT molecular complexity index is 1030. The van der Waals surface area contributed by atoms with E-state index in [9.17, 15) is 9.90 Å². The maximum absolute atomic E-state index is 14.2. The van der Waals surface area contributed by atoms with Crippen molar-refractivity contribution in [1.82, 2.24) is 4.90 Å². The van der Waals surface area contributed by atoms with Crippen LogP contribution < -0.4 is 18.9 Å². The first-order chi connectivity index (χ1) is 17.5. The van der Waals surface area contributed by atoms with Crippen LogP contribution in [0, 0.1) is 5.92 Å². The van der Waals surface area contributed by atoms with Crippen LogP contribution in [0.5, 0.6) is 23.0 Å². The number of hydrogen-bond donors (Lipinski definition) is 1. The van der Waals surface area contributed by atoms with Crippen molar-refractivity contribution in [3.63, 3.8) is 0 Å². The number of piperidine rings is 1. The summed E-state index contributed by atoms with van der Waals surface area (Å²) in [6.45, 7) is 7.48. The molecule has 196 valence electrons. The van der Waals surface area contributed by atoms with Crippen molar-refractivity contribution < 1.29 is 28.8 Å². The normalized spacial score (nSPS) is 23.5. The Hall–Kier alpha value is -2.93. The number of carbonyl (C=O) groups excluding carboxylic acids is 1. The summed E-state index contributed by atoms with van der Waals surface area (Å²) in [5, 5.41) is 11.6. The van der Waals surface area contributed by atoms with E-state index in [-0.39, 0.29) is 17.9 Å². The maximum Gasteiger partial charge on any atom is 0.254 e. The molecule has 0 radical (unpaired) electrons. The second kappa shape index (κ2) is 11.4. The van der Waals surface area contributed by atoms with Crippen LogP contribution in [-0.2, 0) is 0 Å². The van der Waals surface area contributed by atoms with Gasteiger partial charge in [-0.3, -0.25) is 4.79 Å². The molecule has 0 aromatic heterocycles. The van der Waals surface area contributed by atoms with E-state index >= 15 is 0 Å². The van der Waals surface area contributed by atoms with Gasteiger partial charge >= 0.3 is 0 Å². The van der Waals surface area contributed by atoms with E-state index < -0.39 is 5.60 Å². The van der Waals surface area contributed by atoms with Crippen LogP contribution in [0.25, 0.3) is 0 Å². The quantitative estimate of drug-likeness (QED) is 0.500. The molecule has 1 heterocycles. The number of amides is 1. The first-order valence-corrected chi connectivity index (χ1v) is 13.2. The number of fused-ring (bicyclic) bond motifs is 1. The molecular formula is C29H39NO6. The van der Waals surface area contributed by atoms with E-state index in [1.54, 1.807) is 19.2 Å². The highest BCUT2D eigenvalue weighted by atomic mass is 16.5. The molecule has 2 fully saturated rings. The van der Waals surface area contributed by atoms with Crippen molar-refractivity contribution in [3.05, 3.63) is 47.5 Å². The molecule has 36 heavy (non-hydrogen) atoms. The number of ether oxygens (including phenoxy) is 4. The first kappa shape index (κ1) is 26.1. The van der Waals surface area contributed by atoms with E-state index in [0.29, 0.717) is 55.6 Å². The van der Waals surface area contributed by atoms with Crippen LogP contribution in [0.3, 0.4) is 0 Å². The second-order valence-electron chi connectivity index (χ2n) is 9.49. The van der Waals surface area contributed by atoms with E-state index in [1.165, 1.54) is 0 Å². The number of hydrogen-bond acceptors (Lipinski definition) is 6. The summed E-state index contributed by atoms with van der Waals surface area (Å²) in [5.74, 6) is 2.04. The standard InChI is InChI=1S/C29H39NO6/c1-5-34-24-18-20(19-25(35-6-2)27(24)36-7-3)28(31)30-17-16-29(32)15-11-10-13-22(29)26(30)21-12-8-9-14-23(21)33-4/h8-9,12,14,18-19,22,26,32H,5-7,10-11,13,15-17H2,1-4H3/t22-,26+,29+/m1/s1. The van der Waals surface area contributed by atoms with Gasteiger partial charge in [0.1, 0.15) is 5.75 Å². The number of carbonyl (C=O) groups is 1. The predicted molar refractivity (Wildman–Crippen MR) is 138 cm³/mol. The maximum atomic E-state index is 14.2. The average Bonchev–Trinajstić information content (AvgIpc) is 2.89. The average molecular weight is 498 g/mol. The van der Waals surface area contributed by atoms with Gasteiger partial charge in [0.15, 0.2) is 11.5 Å². The lowest BCUT2D eigenvalue weighted by atomic mass is 9.66. The fourth-order valence-corrected chi connectivity index (χ4v) is 5.88. The van der Waals surface area contributed by atoms with Gasteiger partial charge in [-0.25, -0.2) is 0 Å². The molecule has 1 aliphatic carbocycles. The molecule has 0 bridgehead atoms. The summed E-state index contributed by atoms with van der Waals surface area (Å²) in [4.78, 5) is 16.1. The van der Waals surface area contributed by atoms with Crippen LogP contribution >= 0.6 is 0 Å². The third-order valence-electron chi connectivity index (χ3n) is 7.44. The molecule has 3 atom stereocenters. The Morgan fingerprint density at radius 3 is 2.28 bits per heavy atom. The zero-order chi connectivity index (χ0) is 25.7. The van der Waals surface area contributed by atoms with Crippen molar-refractivity contribution in [2.45, 2.75) is 64.5 Å². The molecule has 1 N–H and O–H groups in total. The topological polar surface area (TPSA) is 77.5 Å².